The van der Waals surface area contributed by atoms with Crippen molar-refractivity contribution in [2.45, 2.75) is 19.8 Å². The number of benzene rings is 3. The molecule has 0 saturated heterocycles. The zero-order chi connectivity index (χ0) is 24.4. The lowest BCUT2D eigenvalue weighted by Crippen LogP contribution is -2.32. The van der Waals surface area contributed by atoms with Gasteiger partial charge < -0.3 is 15.0 Å². The number of nitrogens with one attached hydrogen (secondary N) is 1. The first-order valence-corrected chi connectivity index (χ1v) is 11.2. The van der Waals surface area contributed by atoms with Gasteiger partial charge in [-0.1, -0.05) is 44.2 Å². The van der Waals surface area contributed by atoms with Crippen molar-refractivity contribution in [3.05, 3.63) is 89.6 Å². The van der Waals surface area contributed by atoms with Gasteiger partial charge in [0, 0.05) is 31.0 Å². The van der Waals surface area contributed by atoms with E-state index < -0.39 is 5.91 Å². The number of methoxy groups -OCH3 is 1. The predicted octanol–water partition coefficient (Wildman–Crippen LogP) is 5.28. The number of imide groups is 1. The summed E-state index contributed by atoms with van der Waals surface area (Å²) < 4.78 is 5.52. The molecule has 6 nitrogen and oxygen atoms in total. The van der Waals surface area contributed by atoms with Gasteiger partial charge in [-0.2, -0.15) is 0 Å². The van der Waals surface area contributed by atoms with E-state index in [1.807, 2.05) is 79.7 Å². The molecule has 0 atom stereocenters. The lowest BCUT2D eigenvalue weighted by atomic mass is 10.0. The first-order valence-electron chi connectivity index (χ1n) is 11.2. The van der Waals surface area contributed by atoms with Crippen LogP contribution in [0, 0.1) is 0 Å². The summed E-state index contributed by atoms with van der Waals surface area (Å²) in [5.74, 6) is 0.0840. The Hall–Kier alpha value is -4.06. The third-order valence-electron chi connectivity index (χ3n) is 5.93. The van der Waals surface area contributed by atoms with Crippen molar-refractivity contribution in [3.63, 3.8) is 0 Å². The molecule has 0 unspecified atom stereocenters. The van der Waals surface area contributed by atoms with E-state index >= 15 is 0 Å². The molecule has 4 rings (SSSR count). The Balaban J connectivity index is 1.79. The molecule has 0 radical (unpaired) electrons. The van der Waals surface area contributed by atoms with Crippen molar-refractivity contribution in [2.75, 3.05) is 36.3 Å². The smallest absolute Gasteiger partial charge is 0.282 e. The van der Waals surface area contributed by atoms with Gasteiger partial charge in [-0.25, -0.2) is 4.90 Å². The van der Waals surface area contributed by atoms with Crippen LogP contribution in [0.3, 0.4) is 0 Å². The second-order valence-corrected chi connectivity index (χ2v) is 8.71. The number of carbonyl (C=O) groups excluding carboxylic acids is 2. The topological polar surface area (TPSA) is 61.9 Å². The Labute approximate surface area is 200 Å². The molecule has 6 heteroatoms. The van der Waals surface area contributed by atoms with Gasteiger partial charge in [0.1, 0.15) is 11.4 Å². The monoisotopic (exact) mass is 455 g/mol. The summed E-state index contributed by atoms with van der Waals surface area (Å²) >= 11 is 0. The molecule has 1 heterocycles. The number of rotatable bonds is 7. The van der Waals surface area contributed by atoms with Gasteiger partial charge in [0.2, 0.25) is 0 Å². The van der Waals surface area contributed by atoms with Gasteiger partial charge in [0.05, 0.1) is 18.4 Å². The molecule has 0 spiro atoms. The van der Waals surface area contributed by atoms with Crippen molar-refractivity contribution in [1.29, 1.82) is 0 Å². The number of hydrogen-bond acceptors (Lipinski definition) is 5. The van der Waals surface area contributed by atoms with Gasteiger partial charge in [0.25, 0.3) is 11.8 Å². The maximum atomic E-state index is 13.7. The largest absolute Gasteiger partial charge is 0.496 e. The van der Waals surface area contributed by atoms with Crippen molar-refractivity contribution in [3.8, 4) is 5.75 Å². The molecule has 3 aromatic carbocycles. The third kappa shape index (κ3) is 4.27. The fourth-order valence-corrected chi connectivity index (χ4v) is 3.98. The highest BCUT2D eigenvalue weighted by Gasteiger charge is 2.41. The lowest BCUT2D eigenvalue weighted by Gasteiger charge is -2.17. The summed E-state index contributed by atoms with van der Waals surface area (Å²) in [7, 11) is 5.48. The number of para-hydroxylation sites is 1. The van der Waals surface area contributed by atoms with E-state index in [1.165, 1.54) is 4.90 Å². The molecule has 1 N–H and O–H groups in total. The van der Waals surface area contributed by atoms with Crippen LogP contribution in [-0.2, 0) is 9.59 Å². The molecule has 34 heavy (non-hydrogen) atoms. The second kappa shape index (κ2) is 9.43. The number of hydrogen-bond donors (Lipinski definition) is 1. The van der Waals surface area contributed by atoms with Gasteiger partial charge in [0.15, 0.2) is 0 Å². The number of ether oxygens (including phenoxy) is 1. The zero-order valence-electron chi connectivity index (χ0n) is 20.1. The van der Waals surface area contributed by atoms with Crippen LogP contribution in [0.4, 0.5) is 17.1 Å². The average Bonchev–Trinajstić information content (AvgIpc) is 3.08. The number of nitrogens with zero attached hydrogens (tertiary/aromatic N) is 2. The highest BCUT2D eigenvalue weighted by molar-refractivity contribution is 6.46. The molecular weight excluding hydrogens is 426 g/mol. The van der Waals surface area contributed by atoms with Crippen LogP contribution in [0.2, 0.25) is 0 Å². The summed E-state index contributed by atoms with van der Waals surface area (Å²) in [6, 6.07) is 22.5. The van der Waals surface area contributed by atoms with Crippen LogP contribution in [0.5, 0.6) is 5.75 Å². The van der Waals surface area contributed by atoms with Crippen LogP contribution < -0.4 is 19.9 Å². The molecule has 0 saturated carbocycles. The Kier molecular flexibility index (Phi) is 6.41. The Bertz CT molecular complexity index is 1240. The number of carbonyl (C=O) groups is 2. The van der Waals surface area contributed by atoms with Crippen LogP contribution >= 0.6 is 0 Å². The molecule has 0 bridgehead atoms. The van der Waals surface area contributed by atoms with Crippen LogP contribution in [-0.4, -0.2) is 33.0 Å². The summed E-state index contributed by atoms with van der Waals surface area (Å²) in [6.07, 6.45) is 0. The van der Waals surface area contributed by atoms with E-state index in [9.17, 15) is 9.59 Å². The molecular formula is C28H29N3O3. The van der Waals surface area contributed by atoms with Crippen molar-refractivity contribution >= 4 is 34.4 Å². The van der Waals surface area contributed by atoms with E-state index in [2.05, 4.69) is 19.2 Å². The van der Waals surface area contributed by atoms with Crippen LogP contribution in [0.25, 0.3) is 5.57 Å². The molecule has 1 aliphatic heterocycles. The minimum Gasteiger partial charge on any atom is -0.496 e. The maximum absolute atomic E-state index is 13.7. The van der Waals surface area contributed by atoms with Gasteiger partial charge in [-0.3, -0.25) is 9.59 Å². The number of amides is 2. The van der Waals surface area contributed by atoms with E-state index in [4.69, 9.17) is 4.74 Å². The third-order valence-corrected chi connectivity index (χ3v) is 5.93. The fourth-order valence-electron chi connectivity index (χ4n) is 3.98. The standard InChI is InChI=1S/C28H29N3O3/c1-18(2)19-10-14-22(15-11-19)31-27(32)25(23-8-6-7-9-24(23)34-5)26(28(31)33)29-20-12-16-21(17-13-20)30(3)4/h6-18,29H,1-5H3. The molecule has 0 aliphatic carbocycles. The summed E-state index contributed by atoms with van der Waals surface area (Å²) in [5.41, 5.74) is 4.49. The first kappa shape index (κ1) is 23.1. The first-order chi connectivity index (χ1) is 16.3. The average molecular weight is 456 g/mol. The SMILES string of the molecule is COc1ccccc1C1=C(Nc2ccc(N(C)C)cc2)C(=O)N(c2ccc(C(C)C)cc2)C1=O. The summed E-state index contributed by atoms with van der Waals surface area (Å²) in [4.78, 5) is 30.5. The van der Waals surface area contributed by atoms with Gasteiger partial charge in [-0.15, -0.1) is 0 Å². The van der Waals surface area contributed by atoms with Gasteiger partial charge >= 0.3 is 0 Å². The Morgan fingerprint density at radius 1 is 0.853 bits per heavy atom. The fraction of sp³-hybridized carbons (Fsp3) is 0.214. The summed E-state index contributed by atoms with van der Waals surface area (Å²) in [5, 5.41) is 3.21. The highest BCUT2D eigenvalue weighted by Crippen LogP contribution is 2.37. The van der Waals surface area contributed by atoms with Crippen molar-refractivity contribution < 1.29 is 14.3 Å². The van der Waals surface area contributed by atoms with Crippen LogP contribution in [0.15, 0.2) is 78.5 Å². The molecule has 174 valence electrons. The van der Waals surface area contributed by atoms with E-state index in [0.717, 1.165) is 11.3 Å². The molecule has 0 aromatic heterocycles. The normalized spacial score (nSPS) is 13.6. The molecule has 2 amide bonds. The van der Waals surface area contributed by atoms with E-state index in [-0.39, 0.29) is 17.2 Å². The predicted molar refractivity (Wildman–Crippen MR) is 137 cm³/mol. The summed E-state index contributed by atoms with van der Waals surface area (Å²) in [6.45, 7) is 4.21. The maximum Gasteiger partial charge on any atom is 0.282 e. The molecule has 1 aliphatic rings. The minimum atomic E-state index is -0.403. The zero-order valence-corrected chi connectivity index (χ0v) is 20.1. The van der Waals surface area contributed by atoms with Crippen molar-refractivity contribution in [1.82, 2.24) is 0 Å². The van der Waals surface area contributed by atoms with Crippen LogP contribution in [0.1, 0.15) is 30.9 Å². The Morgan fingerprint density at radius 2 is 1.50 bits per heavy atom. The second-order valence-electron chi connectivity index (χ2n) is 8.71. The number of anilines is 3. The highest BCUT2D eigenvalue weighted by atomic mass is 16.5. The molecule has 3 aromatic rings. The lowest BCUT2D eigenvalue weighted by molar-refractivity contribution is -0.120. The van der Waals surface area contributed by atoms with Crippen molar-refractivity contribution in [2.24, 2.45) is 0 Å². The molecule has 0 fully saturated rings. The Morgan fingerprint density at radius 3 is 2.09 bits per heavy atom. The van der Waals surface area contributed by atoms with Gasteiger partial charge in [-0.05, 0) is 53.9 Å². The quantitative estimate of drug-likeness (QED) is 0.491. The van der Waals surface area contributed by atoms with E-state index in [0.29, 0.717) is 28.6 Å². The van der Waals surface area contributed by atoms with E-state index in [1.54, 1.807) is 19.2 Å². The minimum absolute atomic E-state index is 0.222.